The molecule has 0 atom stereocenters. The number of aromatic carboxylic acids is 1. The Kier molecular flexibility index (Phi) is 6.96. The average molecular weight is 470 g/mol. The number of carbonyl (C=O) groups is 3. The summed E-state index contributed by atoms with van der Waals surface area (Å²) < 4.78 is 1.85. The molecule has 0 aliphatic heterocycles. The van der Waals surface area contributed by atoms with E-state index in [4.69, 9.17) is 0 Å². The molecule has 0 unspecified atom stereocenters. The molecule has 3 N–H and O–H groups in total. The predicted octanol–water partition coefficient (Wildman–Crippen LogP) is 5.21. The monoisotopic (exact) mass is 469 g/mol. The van der Waals surface area contributed by atoms with Gasteiger partial charge in [-0.05, 0) is 53.9 Å². The standard InChI is InChI=1S/C28H27N3O4/c1-18(2)19-8-11-21(12-9-19)30-26(32)14-15-29-27(33)24-17-31(22-6-4-3-5-7-22)25-13-10-20(28(34)35)16-23(24)25/h3-13,16-18H,14-15H2,1-2H3,(H,29,33)(H,30,32)(H,34,35). The average Bonchev–Trinajstić information content (AvgIpc) is 3.24. The number of aromatic nitrogens is 1. The molecule has 0 fully saturated rings. The number of nitrogens with zero attached hydrogens (tertiary/aromatic N) is 1. The number of rotatable bonds is 8. The lowest BCUT2D eigenvalue weighted by Crippen LogP contribution is -2.27. The third kappa shape index (κ3) is 5.41. The summed E-state index contributed by atoms with van der Waals surface area (Å²) in [5.41, 5.74) is 3.90. The van der Waals surface area contributed by atoms with Gasteiger partial charge in [0.25, 0.3) is 5.91 Å². The molecular weight excluding hydrogens is 442 g/mol. The maximum absolute atomic E-state index is 13.0. The van der Waals surface area contributed by atoms with Crippen LogP contribution in [0.25, 0.3) is 16.6 Å². The van der Waals surface area contributed by atoms with Crippen molar-refractivity contribution >= 4 is 34.4 Å². The van der Waals surface area contributed by atoms with Gasteiger partial charge < -0.3 is 20.3 Å². The van der Waals surface area contributed by atoms with E-state index < -0.39 is 5.97 Å². The van der Waals surface area contributed by atoms with Crippen LogP contribution in [-0.4, -0.2) is 34.0 Å². The zero-order valence-corrected chi connectivity index (χ0v) is 19.6. The predicted molar refractivity (Wildman–Crippen MR) is 136 cm³/mol. The molecule has 1 aromatic heterocycles. The van der Waals surface area contributed by atoms with Crippen molar-refractivity contribution in [3.63, 3.8) is 0 Å². The molecule has 7 heteroatoms. The Labute approximate surface area is 203 Å². The molecule has 0 bridgehead atoms. The molecule has 178 valence electrons. The van der Waals surface area contributed by atoms with E-state index >= 15 is 0 Å². The van der Waals surface area contributed by atoms with Crippen LogP contribution in [0, 0.1) is 0 Å². The van der Waals surface area contributed by atoms with Gasteiger partial charge in [0, 0.05) is 35.9 Å². The molecular formula is C28H27N3O4. The lowest BCUT2D eigenvalue weighted by Gasteiger charge is -2.09. The van der Waals surface area contributed by atoms with Crippen LogP contribution >= 0.6 is 0 Å². The highest BCUT2D eigenvalue weighted by Gasteiger charge is 2.18. The molecule has 7 nitrogen and oxygen atoms in total. The Morgan fingerprint density at radius 2 is 1.66 bits per heavy atom. The minimum atomic E-state index is -1.07. The Morgan fingerprint density at radius 3 is 2.31 bits per heavy atom. The Balaban J connectivity index is 1.47. The third-order valence-corrected chi connectivity index (χ3v) is 5.83. The van der Waals surface area contributed by atoms with E-state index in [0.29, 0.717) is 28.1 Å². The number of amides is 2. The van der Waals surface area contributed by atoms with Crippen LogP contribution in [0.3, 0.4) is 0 Å². The summed E-state index contributed by atoms with van der Waals surface area (Å²) in [7, 11) is 0. The van der Waals surface area contributed by atoms with E-state index in [1.165, 1.54) is 17.7 Å². The molecule has 35 heavy (non-hydrogen) atoms. The summed E-state index contributed by atoms with van der Waals surface area (Å²) >= 11 is 0. The fraction of sp³-hybridized carbons (Fsp3) is 0.179. The molecule has 4 aromatic rings. The summed E-state index contributed by atoms with van der Waals surface area (Å²) in [6, 6.07) is 21.9. The van der Waals surface area contributed by atoms with Crippen molar-refractivity contribution in [2.45, 2.75) is 26.2 Å². The Hall–Kier alpha value is -4.39. The second-order valence-electron chi connectivity index (χ2n) is 8.62. The van der Waals surface area contributed by atoms with E-state index in [2.05, 4.69) is 24.5 Å². The molecule has 0 radical (unpaired) electrons. The van der Waals surface area contributed by atoms with E-state index in [-0.39, 0.29) is 30.3 Å². The smallest absolute Gasteiger partial charge is 0.335 e. The highest BCUT2D eigenvalue weighted by molar-refractivity contribution is 6.09. The van der Waals surface area contributed by atoms with E-state index in [9.17, 15) is 19.5 Å². The summed E-state index contributed by atoms with van der Waals surface area (Å²) in [5.74, 6) is -1.23. The van der Waals surface area contributed by atoms with Crippen molar-refractivity contribution in [2.75, 3.05) is 11.9 Å². The van der Waals surface area contributed by atoms with Crippen LogP contribution in [0.1, 0.15) is 52.5 Å². The van der Waals surface area contributed by atoms with Gasteiger partial charge in [-0.15, -0.1) is 0 Å². The van der Waals surface area contributed by atoms with Crippen LogP contribution in [0.4, 0.5) is 5.69 Å². The van der Waals surface area contributed by atoms with Crippen molar-refractivity contribution < 1.29 is 19.5 Å². The lowest BCUT2D eigenvalue weighted by molar-refractivity contribution is -0.116. The van der Waals surface area contributed by atoms with E-state index in [1.807, 2.05) is 59.2 Å². The lowest BCUT2D eigenvalue weighted by atomic mass is 10.0. The van der Waals surface area contributed by atoms with Gasteiger partial charge in [-0.3, -0.25) is 9.59 Å². The summed E-state index contributed by atoms with van der Waals surface area (Å²) in [5, 5.41) is 15.6. The first-order valence-corrected chi connectivity index (χ1v) is 11.5. The minimum Gasteiger partial charge on any atom is -0.478 e. The molecule has 0 aliphatic rings. The molecule has 4 rings (SSSR count). The normalized spacial score (nSPS) is 10.9. The maximum atomic E-state index is 13.0. The Morgan fingerprint density at radius 1 is 0.943 bits per heavy atom. The number of carbonyl (C=O) groups excluding carboxylic acids is 2. The van der Waals surface area contributed by atoms with Gasteiger partial charge in [0.15, 0.2) is 0 Å². The van der Waals surface area contributed by atoms with Gasteiger partial charge in [-0.1, -0.05) is 44.2 Å². The number of anilines is 1. The first-order valence-electron chi connectivity index (χ1n) is 11.5. The highest BCUT2D eigenvalue weighted by Crippen LogP contribution is 2.26. The largest absolute Gasteiger partial charge is 0.478 e. The fourth-order valence-corrected chi connectivity index (χ4v) is 3.91. The number of nitrogens with one attached hydrogen (secondary N) is 2. The zero-order valence-electron chi connectivity index (χ0n) is 19.6. The number of hydrogen-bond donors (Lipinski definition) is 3. The highest BCUT2D eigenvalue weighted by atomic mass is 16.4. The molecule has 1 heterocycles. The molecule has 0 spiro atoms. The number of para-hydroxylation sites is 1. The summed E-state index contributed by atoms with van der Waals surface area (Å²) in [6.07, 6.45) is 1.80. The van der Waals surface area contributed by atoms with Crippen molar-refractivity contribution in [3.05, 3.63) is 95.7 Å². The quantitative estimate of drug-likeness (QED) is 0.330. The van der Waals surface area contributed by atoms with Gasteiger partial charge >= 0.3 is 5.97 Å². The minimum absolute atomic E-state index is 0.0974. The van der Waals surface area contributed by atoms with Crippen LogP contribution in [0.5, 0.6) is 0 Å². The molecule has 0 saturated carbocycles. The number of carboxylic acids is 1. The van der Waals surface area contributed by atoms with Crippen LogP contribution < -0.4 is 10.6 Å². The molecule has 3 aromatic carbocycles. The topological polar surface area (TPSA) is 100 Å². The van der Waals surface area contributed by atoms with Crippen molar-refractivity contribution in [1.82, 2.24) is 9.88 Å². The number of hydrogen-bond acceptors (Lipinski definition) is 3. The number of benzene rings is 3. The van der Waals surface area contributed by atoms with Crippen LogP contribution in [0.2, 0.25) is 0 Å². The van der Waals surface area contributed by atoms with E-state index in [1.54, 1.807) is 12.3 Å². The van der Waals surface area contributed by atoms with E-state index in [0.717, 1.165) is 5.69 Å². The Bertz CT molecular complexity index is 1370. The number of fused-ring (bicyclic) bond motifs is 1. The van der Waals surface area contributed by atoms with Gasteiger partial charge in [-0.25, -0.2) is 4.79 Å². The maximum Gasteiger partial charge on any atom is 0.335 e. The van der Waals surface area contributed by atoms with Crippen molar-refractivity contribution in [2.24, 2.45) is 0 Å². The zero-order chi connectivity index (χ0) is 24.9. The second kappa shape index (κ2) is 10.3. The second-order valence-corrected chi connectivity index (χ2v) is 8.62. The first-order chi connectivity index (χ1) is 16.8. The van der Waals surface area contributed by atoms with Gasteiger partial charge in [-0.2, -0.15) is 0 Å². The summed E-state index contributed by atoms with van der Waals surface area (Å²) in [6.45, 7) is 4.36. The number of carboxylic acid groups (broad SMARTS) is 1. The van der Waals surface area contributed by atoms with Gasteiger partial charge in [0.2, 0.25) is 5.91 Å². The van der Waals surface area contributed by atoms with Crippen LogP contribution in [0.15, 0.2) is 79.0 Å². The van der Waals surface area contributed by atoms with Gasteiger partial charge in [0.1, 0.15) is 0 Å². The van der Waals surface area contributed by atoms with Crippen molar-refractivity contribution in [3.8, 4) is 5.69 Å². The molecule has 0 saturated heterocycles. The fourth-order valence-electron chi connectivity index (χ4n) is 3.91. The van der Waals surface area contributed by atoms with Crippen LogP contribution in [-0.2, 0) is 4.79 Å². The van der Waals surface area contributed by atoms with Gasteiger partial charge in [0.05, 0.1) is 16.6 Å². The summed E-state index contributed by atoms with van der Waals surface area (Å²) in [4.78, 5) is 36.9. The first kappa shape index (κ1) is 23.8. The SMILES string of the molecule is CC(C)c1ccc(NC(=O)CCNC(=O)c2cn(-c3ccccc3)c3ccc(C(=O)O)cc23)cc1. The molecule has 0 aliphatic carbocycles. The van der Waals surface area contributed by atoms with Crippen molar-refractivity contribution in [1.29, 1.82) is 0 Å². The molecule has 2 amide bonds. The third-order valence-electron chi connectivity index (χ3n) is 5.83.